The summed E-state index contributed by atoms with van der Waals surface area (Å²) in [6.07, 6.45) is 6.73. The number of aromatic nitrogens is 2. The van der Waals surface area contributed by atoms with Crippen molar-refractivity contribution in [1.82, 2.24) is 9.78 Å². The van der Waals surface area contributed by atoms with Crippen LogP contribution in [-0.2, 0) is 13.6 Å². The molecule has 26 heavy (non-hydrogen) atoms. The van der Waals surface area contributed by atoms with Gasteiger partial charge in [0.05, 0.1) is 11.8 Å². The minimum Gasteiger partial charge on any atom is -0.367 e. The number of hydrogen-bond donors (Lipinski definition) is 0. The van der Waals surface area contributed by atoms with Gasteiger partial charge >= 0.3 is 0 Å². The Morgan fingerprint density at radius 3 is 2.46 bits per heavy atom. The lowest BCUT2D eigenvalue weighted by atomic mass is 10.1. The summed E-state index contributed by atoms with van der Waals surface area (Å²) >= 11 is 0. The number of benzene rings is 2. The van der Waals surface area contributed by atoms with E-state index in [1.165, 1.54) is 11.3 Å². The molecule has 0 spiro atoms. The van der Waals surface area contributed by atoms with Crippen molar-refractivity contribution in [2.75, 3.05) is 11.4 Å². The van der Waals surface area contributed by atoms with Crippen LogP contribution in [0, 0.1) is 0 Å². The molecule has 3 rings (SSSR count). The lowest BCUT2D eigenvalue weighted by molar-refractivity contribution is 0.104. The zero-order chi connectivity index (χ0) is 18.4. The molecule has 0 bridgehead atoms. The standard InChI is InChI=1S/C22H23N3O/c1-3-25(16-19-7-5-4-6-8-19)21-12-9-18(10-13-21)11-14-22(26)20-15-23-24(2)17-20/h4-15,17H,3,16H2,1-2H3/b14-11+. The number of allylic oxidation sites excluding steroid dienone is 1. The predicted molar refractivity (Wildman–Crippen MR) is 106 cm³/mol. The first-order valence-corrected chi connectivity index (χ1v) is 8.75. The van der Waals surface area contributed by atoms with E-state index in [1.54, 1.807) is 30.2 Å². The Hall–Kier alpha value is -3.14. The van der Waals surface area contributed by atoms with Gasteiger partial charge in [0.1, 0.15) is 0 Å². The summed E-state index contributed by atoms with van der Waals surface area (Å²) in [7, 11) is 1.80. The largest absolute Gasteiger partial charge is 0.367 e. The number of anilines is 1. The topological polar surface area (TPSA) is 38.1 Å². The van der Waals surface area contributed by atoms with E-state index < -0.39 is 0 Å². The normalized spacial score (nSPS) is 11.0. The van der Waals surface area contributed by atoms with Crippen molar-refractivity contribution in [3.05, 3.63) is 89.8 Å². The molecule has 0 aliphatic carbocycles. The number of nitrogens with zero attached hydrogens (tertiary/aromatic N) is 3. The van der Waals surface area contributed by atoms with Gasteiger partial charge in [0, 0.05) is 32.0 Å². The highest BCUT2D eigenvalue weighted by Gasteiger charge is 2.06. The van der Waals surface area contributed by atoms with Gasteiger partial charge < -0.3 is 4.90 Å². The van der Waals surface area contributed by atoms with E-state index in [0.717, 1.165) is 18.7 Å². The third kappa shape index (κ3) is 4.48. The van der Waals surface area contributed by atoms with Crippen LogP contribution in [0.2, 0.25) is 0 Å². The van der Waals surface area contributed by atoms with Crippen molar-refractivity contribution in [3.8, 4) is 0 Å². The van der Waals surface area contributed by atoms with E-state index >= 15 is 0 Å². The number of hydrogen-bond acceptors (Lipinski definition) is 3. The fourth-order valence-corrected chi connectivity index (χ4v) is 2.80. The first-order chi connectivity index (χ1) is 12.7. The van der Waals surface area contributed by atoms with E-state index in [2.05, 4.69) is 53.3 Å². The zero-order valence-electron chi connectivity index (χ0n) is 15.2. The highest BCUT2D eigenvalue weighted by atomic mass is 16.1. The van der Waals surface area contributed by atoms with Crippen molar-refractivity contribution in [2.45, 2.75) is 13.5 Å². The molecule has 0 atom stereocenters. The maximum Gasteiger partial charge on any atom is 0.189 e. The van der Waals surface area contributed by atoms with Crippen LogP contribution in [0.4, 0.5) is 5.69 Å². The first-order valence-electron chi connectivity index (χ1n) is 8.75. The molecule has 0 saturated carbocycles. The van der Waals surface area contributed by atoms with Crippen molar-refractivity contribution >= 4 is 17.5 Å². The number of aryl methyl sites for hydroxylation is 1. The summed E-state index contributed by atoms with van der Waals surface area (Å²) in [5.41, 5.74) is 4.06. The van der Waals surface area contributed by atoms with Crippen LogP contribution in [-0.4, -0.2) is 22.1 Å². The lowest BCUT2D eigenvalue weighted by Gasteiger charge is -2.23. The monoisotopic (exact) mass is 345 g/mol. The molecule has 0 amide bonds. The molecule has 0 N–H and O–H groups in total. The Morgan fingerprint density at radius 1 is 1.12 bits per heavy atom. The molecular formula is C22H23N3O. The van der Waals surface area contributed by atoms with Gasteiger partial charge in [-0.05, 0) is 36.3 Å². The van der Waals surface area contributed by atoms with E-state index in [4.69, 9.17) is 0 Å². The second-order valence-electron chi connectivity index (χ2n) is 6.19. The molecule has 0 radical (unpaired) electrons. The summed E-state index contributed by atoms with van der Waals surface area (Å²) < 4.78 is 1.63. The van der Waals surface area contributed by atoms with Crippen LogP contribution in [0.5, 0.6) is 0 Å². The predicted octanol–water partition coefficient (Wildman–Crippen LogP) is 4.34. The Balaban J connectivity index is 1.67. The second kappa shape index (κ2) is 8.30. The second-order valence-corrected chi connectivity index (χ2v) is 6.19. The average Bonchev–Trinajstić information content (AvgIpc) is 3.12. The average molecular weight is 345 g/mol. The van der Waals surface area contributed by atoms with Crippen molar-refractivity contribution < 1.29 is 4.79 Å². The number of ketones is 1. The number of carbonyl (C=O) groups is 1. The summed E-state index contributed by atoms with van der Waals surface area (Å²) in [4.78, 5) is 14.4. The summed E-state index contributed by atoms with van der Waals surface area (Å²) in [6, 6.07) is 18.7. The van der Waals surface area contributed by atoms with Crippen LogP contribution >= 0.6 is 0 Å². The van der Waals surface area contributed by atoms with Gasteiger partial charge in [0.2, 0.25) is 0 Å². The smallest absolute Gasteiger partial charge is 0.189 e. The zero-order valence-corrected chi connectivity index (χ0v) is 15.2. The van der Waals surface area contributed by atoms with Crippen LogP contribution < -0.4 is 4.90 Å². The molecule has 0 fully saturated rings. The number of carbonyl (C=O) groups excluding carboxylic acids is 1. The number of rotatable bonds is 7. The molecule has 132 valence electrons. The van der Waals surface area contributed by atoms with E-state index in [0.29, 0.717) is 5.56 Å². The fourth-order valence-electron chi connectivity index (χ4n) is 2.80. The SMILES string of the molecule is CCN(Cc1ccccc1)c1ccc(/C=C/C(=O)c2cnn(C)c2)cc1. The fraction of sp³-hybridized carbons (Fsp3) is 0.182. The highest BCUT2D eigenvalue weighted by Crippen LogP contribution is 2.18. The highest BCUT2D eigenvalue weighted by molar-refractivity contribution is 6.06. The summed E-state index contributed by atoms with van der Waals surface area (Å²) in [5, 5.41) is 4.02. The molecule has 0 aliphatic rings. The lowest BCUT2D eigenvalue weighted by Crippen LogP contribution is -2.21. The molecule has 4 heteroatoms. The van der Waals surface area contributed by atoms with Gasteiger partial charge in [-0.25, -0.2) is 0 Å². The van der Waals surface area contributed by atoms with Gasteiger partial charge in [-0.1, -0.05) is 48.5 Å². The molecule has 3 aromatic rings. The van der Waals surface area contributed by atoms with Gasteiger partial charge in [-0.2, -0.15) is 5.10 Å². The van der Waals surface area contributed by atoms with Crippen molar-refractivity contribution in [3.63, 3.8) is 0 Å². The Bertz CT molecular complexity index is 879. The minimum absolute atomic E-state index is 0.0403. The molecule has 1 heterocycles. The van der Waals surface area contributed by atoms with Crippen molar-refractivity contribution in [2.24, 2.45) is 7.05 Å². The Labute approximate surface area is 154 Å². The third-order valence-corrected chi connectivity index (χ3v) is 4.27. The van der Waals surface area contributed by atoms with E-state index in [1.807, 2.05) is 24.3 Å². The molecule has 0 aliphatic heterocycles. The maximum atomic E-state index is 12.1. The molecule has 0 unspecified atom stereocenters. The molecule has 1 aromatic heterocycles. The molecule has 4 nitrogen and oxygen atoms in total. The van der Waals surface area contributed by atoms with Crippen LogP contribution in [0.1, 0.15) is 28.4 Å². The van der Waals surface area contributed by atoms with Gasteiger partial charge in [0.15, 0.2) is 5.78 Å². The van der Waals surface area contributed by atoms with E-state index in [9.17, 15) is 4.79 Å². The maximum absolute atomic E-state index is 12.1. The van der Waals surface area contributed by atoms with Crippen LogP contribution in [0.25, 0.3) is 6.08 Å². The summed E-state index contributed by atoms with van der Waals surface area (Å²) in [5.74, 6) is -0.0403. The first kappa shape index (κ1) is 17.7. The summed E-state index contributed by atoms with van der Waals surface area (Å²) in [6.45, 7) is 3.97. The van der Waals surface area contributed by atoms with Gasteiger partial charge in [-0.15, -0.1) is 0 Å². The quantitative estimate of drug-likeness (QED) is 0.472. The molecule has 2 aromatic carbocycles. The minimum atomic E-state index is -0.0403. The Kier molecular flexibility index (Phi) is 5.64. The van der Waals surface area contributed by atoms with Crippen molar-refractivity contribution in [1.29, 1.82) is 0 Å². The van der Waals surface area contributed by atoms with Gasteiger partial charge in [-0.3, -0.25) is 9.48 Å². The third-order valence-electron chi connectivity index (χ3n) is 4.27. The Morgan fingerprint density at radius 2 is 1.85 bits per heavy atom. The van der Waals surface area contributed by atoms with Crippen LogP contribution in [0.3, 0.4) is 0 Å². The molecular weight excluding hydrogens is 322 g/mol. The van der Waals surface area contributed by atoms with Gasteiger partial charge in [0.25, 0.3) is 0 Å². The molecule has 0 saturated heterocycles. The van der Waals surface area contributed by atoms with E-state index in [-0.39, 0.29) is 5.78 Å². The van der Waals surface area contributed by atoms with Crippen LogP contribution in [0.15, 0.2) is 73.1 Å².